The summed E-state index contributed by atoms with van der Waals surface area (Å²) in [4.78, 5) is 14.9. The maximum atomic E-state index is 12.9. The van der Waals surface area contributed by atoms with E-state index in [9.17, 15) is 14.3 Å². The number of nitrogens with zero attached hydrogens (tertiary/aromatic N) is 1. The summed E-state index contributed by atoms with van der Waals surface area (Å²) in [6.07, 6.45) is 1.07. The maximum Gasteiger partial charge on any atom is 0.251 e. The molecule has 0 radical (unpaired) electrons. The fourth-order valence-corrected chi connectivity index (χ4v) is 3.48. The van der Waals surface area contributed by atoms with Crippen molar-refractivity contribution in [2.24, 2.45) is 0 Å². The van der Waals surface area contributed by atoms with E-state index in [-0.39, 0.29) is 17.8 Å². The van der Waals surface area contributed by atoms with Gasteiger partial charge < -0.3 is 15.2 Å². The third kappa shape index (κ3) is 6.02. The SMILES string of the molecule is CC(C)N1CCCC(O)C(NC(=O)c2ccc(OCc3ccc(F)cc3)cc2)C1. The number of aliphatic hydroxyl groups excluding tert-OH is 1. The second-order valence-corrected chi connectivity index (χ2v) is 7.82. The normalized spacial score (nSPS) is 20.3. The van der Waals surface area contributed by atoms with Crippen molar-refractivity contribution >= 4 is 5.91 Å². The smallest absolute Gasteiger partial charge is 0.251 e. The molecule has 3 rings (SSSR count). The number of ether oxygens (including phenoxy) is 1. The number of carbonyl (C=O) groups excluding carboxylic acids is 1. The highest BCUT2D eigenvalue weighted by atomic mass is 19.1. The van der Waals surface area contributed by atoms with E-state index in [4.69, 9.17) is 4.74 Å². The first-order valence-corrected chi connectivity index (χ1v) is 10.1. The van der Waals surface area contributed by atoms with Crippen LogP contribution in [0.4, 0.5) is 4.39 Å². The summed E-state index contributed by atoms with van der Waals surface area (Å²) in [5, 5.41) is 13.4. The van der Waals surface area contributed by atoms with Gasteiger partial charge >= 0.3 is 0 Å². The van der Waals surface area contributed by atoms with Crippen LogP contribution in [0.3, 0.4) is 0 Å². The lowest BCUT2D eigenvalue weighted by Gasteiger charge is -2.29. The van der Waals surface area contributed by atoms with Gasteiger partial charge in [0.15, 0.2) is 0 Å². The minimum atomic E-state index is -0.541. The van der Waals surface area contributed by atoms with E-state index >= 15 is 0 Å². The van der Waals surface area contributed by atoms with E-state index in [1.165, 1.54) is 12.1 Å². The van der Waals surface area contributed by atoms with Crippen LogP contribution in [0.25, 0.3) is 0 Å². The summed E-state index contributed by atoms with van der Waals surface area (Å²) in [5.74, 6) is 0.149. The highest BCUT2D eigenvalue weighted by Crippen LogP contribution is 2.17. The lowest BCUT2D eigenvalue weighted by molar-refractivity contribution is 0.0786. The molecule has 5 nitrogen and oxygen atoms in total. The molecule has 1 fully saturated rings. The van der Waals surface area contributed by atoms with Gasteiger partial charge in [-0.25, -0.2) is 4.39 Å². The average Bonchev–Trinajstić information content (AvgIpc) is 2.89. The van der Waals surface area contributed by atoms with E-state index in [1.807, 2.05) is 0 Å². The molecule has 0 bridgehead atoms. The van der Waals surface area contributed by atoms with Crippen molar-refractivity contribution in [3.05, 3.63) is 65.5 Å². The number of halogens is 1. The average molecular weight is 400 g/mol. The number of hydrogen-bond donors (Lipinski definition) is 2. The minimum Gasteiger partial charge on any atom is -0.489 e. The predicted molar refractivity (Wildman–Crippen MR) is 110 cm³/mol. The number of hydrogen-bond acceptors (Lipinski definition) is 4. The molecular weight excluding hydrogens is 371 g/mol. The third-order valence-corrected chi connectivity index (χ3v) is 5.32. The maximum absolute atomic E-state index is 12.9. The second-order valence-electron chi connectivity index (χ2n) is 7.82. The Kier molecular flexibility index (Phi) is 7.23. The molecule has 2 aromatic rings. The largest absolute Gasteiger partial charge is 0.489 e. The Labute approximate surface area is 171 Å². The molecule has 1 amide bonds. The number of likely N-dealkylation sites (tertiary alicyclic amines) is 1. The monoisotopic (exact) mass is 400 g/mol. The van der Waals surface area contributed by atoms with Gasteiger partial charge in [-0.05, 0) is 75.2 Å². The fraction of sp³-hybridized carbons (Fsp3) is 0.435. The van der Waals surface area contributed by atoms with E-state index in [0.29, 0.717) is 36.9 Å². The summed E-state index contributed by atoms with van der Waals surface area (Å²) in [5.41, 5.74) is 1.39. The van der Waals surface area contributed by atoms with Crippen LogP contribution < -0.4 is 10.1 Å². The second kappa shape index (κ2) is 9.85. The molecular formula is C23H29FN2O3. The number of amides is 1. The molecule has 156 valence electrons. The summed E-state index contributed by atoms with van der Waals surface area (Å²) in [6.45, 7) is 6.15. The van der Waals surface area contributed by atoms with Crippen LogP contribution in [-0.4, -0.2) is 47.2 Å². The van der Waals surface area contributed by atoms with Crippen LogP contribution in [0, 0.1) is 5.82 Å². The van der Waals surface area contributed by atoms with E-state index < -0.39 is 6.10 Å². The van der Waals surface area contributed by atoms with Gasteiger partial charge in [0, 0.05) is 18.2 Å². The molecule has 6 heteroatoms. The molecule has 1 aliphatic heterocycles. The van der Waals surface area contributed by atoms with E-state index in [2.05, 4.69) is 24.1 Å². The highest BCUT2D eigenvalue weighted by molar-refractivity contribution is 5.94. The number of carbonyl (C=O) groups is 1. The Morgan fingerprint density at radius 2 is 1.90 bits per heavy atom. The van der Waals surface area contributed by atoms with Crippen molar-refractivity contribution < 1.29 is 19.0 Å². The zero-order chi connectivity index (χ0) is 20.8. The topological polar surface area (TPSA) is 61.8 Å². The summed E-state index contributed by atoms with van der Waals surface area (Å²) in [6, 6.07) is 13.1. The molecule has 1 heterocycles. The lowest BCUT2D eigenvalue weighted by Crippen LogP contribution is -2.50. The molecule has 0 aromatic heterocycles. The number of rotatable bonds is 6. The molecule has 0 saturated carbocycles. The van der Waals surface area contributed by atoms with Crippen molar-refractivity contribution in [1.82, 2.24) is 10.2 Å². The number of benzene rings is 2. The van der Waals surface area contributed by atoms with Gasteiger partial charge in [0.1, 0.15) is 18.2 Å². The van der Waals surface area contributed by atoms with Gasteiger partial charge in [0.05, 0.1) is 12.1 Å². The highest BCUT2D eigenvalue weighted by Gasteiger charge is 2.28. The zero-order valence-electron chi connectivity index (χ0n) is 17.0. The third-order valence-electron chi connectivity index (χ3n) is 5.32. The number of nitrogens with one attached hydrogen (secondary N) is 1. The standard InChI is InChI=1S/C23H29FN2O3/c1-16(2)26-13-3-4-22(27)21(14-26)25-23(28)18-7-11-20(12-8-18)29-15-17-5-9-19(24)10-6-17/h5-12,16,21-22,27H,3-4,13-15H2,1-2H3,(H,25,28). The van der Waals surface area contributed by atoms with Crippen molar-refractivity contribution in [2.75, 3.05) is 13.1 Å². The Bertz CT molecular complexity index is 793. The molecule has 1 saturated heterocycles. The van der Waals surface area contributed by atoms with Crippen molar-refractivity contribution in [3.8, 4) is 5.75 Å². The van der Waals surface area contributed by atoms with Gasteiger partial charge in [0.2, 0.25) is 0 Å². The summed E-state index contributed by atoms with van der Waals surface area (Å²) >= 11 is 0. The van der Waals surface area contributed by atoms with Gasteiger partial charge in [0.25, 0.3) is 5.91 Å². The van der Waals surface area contributed by atoms with Crippen LogP contribution in [0.1, 0.15) is 42.6 Å². The first kappa shape index (κ1) is 21.3. The van der Waals surface area contributed by atoms with Crippen LogP contribution in [0.2, 0.25) is 0 Å². The predicted octanol–water partition coefficient (Wildman–Crippen LogP) is 3.37. The van der Waals surface area contributed by atoms with Gasteiger partial charge in [-0.1, -0.05) is 12.1 Å². The van der Waals surface area contributed by atoms with Crippen LogP contribution in [0.15, 0.2) is 48.5 Å². The lowest BCUT2D eigenvalue weighted by atomic mass is 10.1. The Balaban J connectivity index is 1.57. The first-order chi connectivity index (χ1) is 13.9. The van der Waals surface area contributed by atoms with Gasteiger partial charge in [-0.3, -0.25) is 9.69 Å². The molecule has 0 spiro atoms. The Morgan fingerprint density at radius 1 is 1.21 bits per heavy atom. The van der Waals surface area contributed by atoms with Crippen molar-refractivity contribution in [1.29, 1.82) is 0 Å². The number of aliphatic hydroxyl groups is 1. The van der Waals surface area contributed by atoms with Crippen molar-refractivity contribution in [2.45, 2.75) is 51.5 Å². The molecule has 2 atom stereocenters. The molecule has 2 unspecified atom stereocenters. The van der Waals surface area contributed by atoms with Gasteiger partial charge in [-0.15, -0.1) is 0 Å². The molecule has 1 aliphatic rings. The Morgan fingerprint density at radius 3 is 2.55 bits per heavy atom. The summed E-state index contributed by atoms with van der Waals surface area (Å²) in [7, 11) is 0. The van der Waals surface area contributed by atoms with Crippen LogP contribution in [0.5, 0.6) is 5.75 Å². The first-order valence-electron chi connectivity index (χ1n) is 10.1. The fourth-order valence-electron chi connectivity index (χ4n) is 3.48. The molecule has 2 N–H and O–H groups in total. The van der Waals surface area contributed by atoms with Crippen LogP contribution in [-0.2, 0) is 6.61 Å². The minimum absolute atomic E-state index is 0.204. The quantitative estimate of drug-likeness (QED) is 0.781. The van der Waals surface area contributed by atoms with Gasteiger partial charge in [-0.2, -0.15) is 0 Å². The van der Waals surface area contributed by atoms with Crippen LogP contribution >= 0.6 is 0 Å². The van der Waals surface area contributed by atoms with Crippen molar-refractivity contribution in [3.63, 3.8) is 0 Å². The molecule has 0 aliphatic carbocycles. The summed E-state index contributed by atoms with van der Waals surface area (Å²) < 4.78 is 18.6. The van der Waals surface area contributed by atoms with E-state index in [1.54, 1.807) is 36.4 Å². The zero-order valence-corrected chi connectivity index (χ0v) is 17.0. The molecule has 29 heavy (non-hydrogen) atoms. The Hall–Kier alpha value is -2.44. The van der Waals surface area contributed by atoms with E-state index in [0.717, 1.165) is 18.5 Å². The molecule has 2 aromatic carbocycles.